The van der Waals surface area contributed by atoms with Gasteiger partial charge < -0.3 is 56.1 Å². The van der Waals surface area contributed by atoms with Gasteiger partial charge in [0.25, 0.3) is 0 Å². The molecule has 9 atom stereocenters. The summed E-state index contributed by atoms with van der Waals surface area (Å²) in [5.74, 6) is -8.91. The number of aliphatic carboxylic acids is 1. The Morgan fingerprint density at radius 2 is 1.35 bits per heavy atom. The minimum Gasteiger partial charge on any atom is -0.497 e. The molecule has 2 heterocycles. The lowest BCUT2D eigenvalue weighted by Crippen LogP contribution is -2.65. The third-order valence-electron chi connectivity index (χ3n) is 12.1. The normalized spacial score (nSPS) is 24.6. The van der Waals surface area contributed by atoms with Gasteiger partial charge in [-0.15, -0.1) is 0 Å². The van der Waals surface area contributed by atoms with Crippen LogP contribution in [0.1, 0.15) is 63.6 Å². The number of carboxylic acid groups (broad SMARTS) is 1. The second-order valence-corrected chi connectivity index (χ2v) is 17.5. The zero-order valence-corrected chi connectivity index (χ0v) is 39.4. The number of likely N-dealkylation sites (N-methyl/N-ethyl adjacent to an activating group) is 1. The Bertz CT molecular complexity index is 2320. The second-order valence-electron chi connectivity index (χ2n) is 17.5. The third-order valence-corrected chi connectivity index (χ3v) is 12.1. The highest BCUT2D eigenvalue weighted by molar-refractivity contribution is 5.99. The number of esters is 1. The zero-order valence-electron chi connectivity index (χ0n) is 39.4. The summed E-state index contributed by atoms with van der Waals surface area (Å²) >= 11 is 0. The number of amides is 7. The summed E-state index contributed by atoms with van der Waals surface area (Å²) in [6, 6.07) is 13.4. The van der Waals surface area contributed by atoms with E-state index >= 15 is 4.79 Å². The maximum atomic E-state index is 15.1. The Morgan fingerprint density at radius 3 is 1.91 bits per heavy atom. The van der Waals surface area contributed by atoms with E-state index in [0.29, 0.717) is 22.4 Å². The highest BCUT2D eigenvalue weighted by Crippen LogP contribution is 2.26. The van der Waals surface area contributed by atoms with Crippen LogP contribution in [0.2, 0.25) is 0 Å². The van der Waals surface area contributed by atoms with E-state index in [1.54, 1.807) is 98.8 Å². The molecule has 0 radical (unpaired) electrons. The Kier molecular flexibility index (Phi) is 18.4. The predicted octanol–water partition coefficient (Wildman–Crippen LogP) is 0.379. The van der Waals surface area contributed by atoms with Crippen molar-refractivity contribution in [3.8, 4) is 5.75 Å². The number of cyclic esters (lactones) is 1. The van der Waals surface area contributed by atoms with E-state index in [9.17, 15) is 48.6 Å². The number of hydrogen-bond donors (Lipinski definition) is 7. The molecule has 20 heteroatoms. The number of nitrogens with one attached hydrogen (secondary N) is 5. The molecule has 2 saturated heterocycles. The van der Waals surface area contributed by atoms with Crippen molar-refractivity contribution in [2.45, 2.75) is 121 Å². The lowest BCUT2D eigenvalue weighted by molar-refractivity contribution is -0.165. The summed E-state index contributed by atoms with van der Waals surface area (Å²) < 4.78 is 11.1. The smallest absolute Gasteiger partial charge is 0.329 e. The van der Waals surface area contributed by atoms with Gasteiger partial charge in [-0.3, -0.25) is 38.4 Å². The lowest BCUT2D eigenvalue weighted by atomic mass is 9.95. The van der Waals surface area contributed by atoms with Crippen molar-refractivity contribution < 1.29 is 62.8 Å². The summed E-state index contributed by atoms with van der Waals surface area (Å²) in [5.41, 5.74) is 1.75. The van der Waals surface area contributed by atoms with Crippen molar-refractivity contribution in [3.05, 3.63) is 102 Å². The third kappa shape index (κ3) is 14.1. The van der Waals surface area contributed by atoms with Crippen LogP contribution in [0, 0.1) is 5.92 Å². The first-order valence-corrected chi connectivity index (χ1v) is 22.7. The molecule has 2 aliphatic rings. The molecular formula is C49H61N7O13. The molecule has 7 N–H and O–H groups in total. The fourth-order valence-corrected chi connectivity index (χ4v) is 8.27. The van der Waals surface area contributed by atoms with Crippen molar-refractivity contribution in [1.82, 2.24) is 36.4 Å². The number of fused-ring (bicyclic) bond motifs is 2. The van der Waals surface area contributed by atoms with E-state index < -0.39 is 120 Å². The minimum absolute atomic E-state index is 0.0742. The molecule has 7 amide bonds. The molecule has 2 aliphatic heterocycles. The number of piperidine rings is 1. The number of aliphatic hydroxyl groups excluding tert-OH is 1. The topological polar surface area (TPSA) is 279 Å². The Labute approximate surface area is 399 Å². The quantitative estimate of drug-likeness (QED) is 0.114. The Morgan fingerprint density at radius 1 is 0.768 bits per heavy atom. The molecule has 3 aromatic rings. The second kappa shape index (κ2) is 24.1. The molecule has 0 aromatic heterocycles. The molecule has 0 aliphatic carbocycles. The summed E-state index contributed by atoms with van der Waals surface area (Å²) in [6.07, 6.45) is -4.53. The van der Waals surface area contributed by atoms with Gasteiger partial charge in [-0.1, -0.05) is 86.6 Å². The fourth-order valence-electron chi connectivity index (χ4n) is 8.27. The number of ether oxygens (including phenoxy) is 2. The van der Waals surface area contributed by atoms with Crippen molar-refractivity contribution in [3.63, 3.8) is 0 Å². The molecule has 2 fully saturated rings. The number of methoxy groups -OCH3 is 1. The van der Waals surface area contributed by atoms with E-state index in [1.807, 2.05) is 0 Å². The van der Waals surface area contributed by atoms with Crippen LogP contribution in [0.5, 0.6) is 5.75 Å². The van der Waals surface area contributed by atoms with Crippen LogP contribution in [0.3, 0.4) is 0 Å². The standard InChI is InChI=1S/C49H61N7O13/c1-27(2)41-49(67)69-28(3)42(54-44(62)36(26-40(59)60)50-29(4)57)46(64)52-35(23-30-13-9-7-10-14-30)43(61)51-34-21-22-39(58)56(47(34)65)38(25-31-15-11-8-12-16-31)48(66)55(5)37(45(63)53-41)24-32-17-19-33(68-6)20-18-32/h7-20,27-28,34-39,41-42,58H,21-26H2,1-6H3,(H,50,57)(H,51,61)(H,52,64)(H,53,63)(H,54,62)(H,59,60). The van der Waals surface area contributed by atoms with Gasteiger partial charge in [0.2, 0.25) is 41.4 Å². The lowest BCUT2D eigenvalue weighted by Gasteiger charge is -2.43. The average molecular weight is 956 g/mol. The van der Waals surface area contributed by atoms with Crippen molar-refractivity contribution in [1.29, 1.82) is 0 Å². The first-order chi connectivity index (χ1) is 32.8. The highest BCUT2D eigenvalue weighted by atomic mass is 16.5. The molecule has 69 heavy (non-hydrogen) atoms. The minimum atomic E-state index is -1.85. The number of carbonyl (C=O) groups excluding carboxylic acids is 8. The molecule has 5 rings (SSSR count). The van der Waals surface area contributed by atoms with Gasteiger partial charge in [0.1, 0.15) is 60.4 Å². The molecule has 2 bridgehead atoms. The van der Waals surface area contributed by atoms with Crippen LogP contribution in [0.15, 0.2) is 84.9 Å². The van der Waals surface area contributed by atoms with Gasteiger partial charge in [-0.25, -0.2) is 4.79 Å². The number of hydrogen-bond acceptors (Lipinski definition) is 12. The van der Waals surface area contributed by atoms with Gasteiger partial charge in [0, 0.05) is 33.2 Å². The molecular weight excluding hydrogens is 895 g/mol. The SMILES string of the molecule is COc1ccc(CC2C(=O)NC(C(C)C)C(=O)OC(C)C(NC(=O)C(CC(=O)O)NC(C)=O)C(=O)NC(Cc3ccccc3)C(=O)NC3CCC(O)N(C3=O)C(Cc3ccccc3)C(=O)N2C)cc1. The van der Waals surface area contributed by atoms with Gasteiger partial charge in [0.15, 0.2) is 0 Å². The molecule has 20 nitrogen and oxygen atoms in total. The van der Waals surface area contributed by atoms with Gasteiger partial charge in [-0.05, 0) is 54.5 Å². The van der Waals surface area contributed by atoms with Gasteiger partial charge in [0.05, 0.1) is 13.5 Å². The van der Waals surface area contributed by atoms with Crippen molar-refractivity contribution in [2.75, 3.05) is 14.2 Å². The van der Waals surface area contributed by atoms with Crippen molar-refractivity contribution >= 4 is 53.3 Å². The summed E-state index contributed by atoms with van der Waals surface area (Å²) in [4.78, 5) is 127. The zero-order chi connectivity index (χ0) is 50.5. The highest BCUT2D eigenvalue weighted by Gasteiger charge is 2.46. The Hall–Kier alpha value is -7.35. The van der Waals surface area contributed by atoms with E-state index in [-0.39, 0.29) is 32.1 Å². The van der Waals surface area contributed by atoms with E-state index in [2.05, 4.69) is 26.6 Å². The molecule has 9 unspecified atom stereocenters. The van der Waals surface area contributed by atoms with Crippen LogP contribution >= 0.6 is 0 Å². The molecule has 0 saturated carbocycles. The number of nitrogens with zero attached hydrogens (tertiary/aromatic N) is 2. The van der Waals surface area contributed by atoms with Crippen LogP contribution in [-0.4, -0.2) is 142 Å². The first-order valence-electron chi connectivity index (χ1n) is 22.7. The number of benzene rings is 3. The Balaban J connectivity index is 1.65. The summed E-state index contributed by atoms with van der Waals surface area (Å²) in [7, 11) is 2.86. The van der Waals surface area contributed by atoms with E-state index in [4.69, 9.17) is 9.47 Å². The summed E-state index contributed by atoms with van der Waals surface area (Å²) in [5, 5.41) is 33.8. The van der Waals surface area contributed by atoms with Crippen LogP contribution < -0.4 is 31.3 Å². The fraction of sp³-hybridized carbons (Fsp3) is 0.449. The molecule has 3 aromatic carbocycles. The van der Waals surface area contributed by atoms with Gasteiger partial charge in [-0.2, -0.15) is 0 Å². The number of carbonyl (C=O) groups is 9. The van der Waals surface area contributed by atoms with Crippen molar-refractivity contribution in [2.24, 2.45) is 5.92 Å². The molecule has 0 spiro atoms. The van der Waals surface area contributed by atoms with E-state index in [0.717, 1.165) is 16.7 Å². The number of carboxylic acids is 1. The first kappa shape index (κ1) is 52.6. The average Bonchev–Trinajstić information content (AvgIpc) is 3.31. The van der Waals surface area contributed by atoms with Gasteiger partial charge >= 0.3 is 11.9 Å². The number of rotatable bonds is 13. The maximum Gasteiger partial charge on any atom is 0.329 e. The van der Waals surface area contributed by atoms with Crippen LogP contribution in [-0.2, 0) is 67.2 Å². The van der Waals surface area contributed by atoms with Crippen LogP contribution in [0.4, 0.5) is 0 Å². The largest absolute Gasteiger partial charge is 0.497 e. The number of aliphatic hydroxyl groups is 1. The molecule has 370 valence electrons. The van der Waals surface area contributed by atoms with E-state index in [1.165, 1.54) is 21.1 Å². The van der Waals surface area contributed by atoms with Crippen LogP contribution in [0.25, 0.3) is 0 Å². The summed E-state index contributed by atoms with van der Waals surface area (Å²) in [6.45, 7) is 5.53. The maximum absolute atomic E-state index is 15.1. The monoisotopic (exact) mass is 955 g/mol. The predicted molar refractivity (Wildman–Crippen MR) is 247 cm³/mol.